The van der Waals surface area contributed by atoms with Crippen molar-refractivity contribution >= 4 is 22.9 Å². The van der Waals surface area contributed by atoms with Gasteiger partial charge in [-0.2, -0.15) is 0 Å². The minimum atomic E-state index is -1.14. The lowest BCUT2D eigenvalue weighted by molar-refractivity contribution is -0.139. The first-order chi connectivity index (χ1) is 11.6. The zero-order valence-electron chi connectivity index (χ0n) is 14.4. The van der Waals surface area contributed by atoms with E-state index >= 15 is 0 Å². The molecule has 0 aliphatic rings. The second-order valence-corrected chi connectivity index (χ2v) is 6.27. The minimum absolute atomic E-state index is 0.0641. The van der Waals surface area contributed by atoms with Crippen molar-refractivity contribution in [1.82, 2.24) is 19.4 Å². The number of fused-ring (bicyclic) bond motifs is 1. The molecule has 2 rings (SSSR count). The number of nitrogens with one attached hydrogen (secondary N) is 1. The van der Waals surface area contributed by atoms with Gasteiger partial charge in [0.05, 0.1) is 5.39 Å². The van der Waals surface area contributed by atoms with Gasteiger partial charge in [0.1, 0.15) is 17.4 Å². The molecule has 134 valence electrons. The first kappa shape index (κ1) is 18.4. The Morgan fingerprint density at radius 2 is 1.84 bits per heavy atom. The molecule has 0 bridgehead atoms. The normalized spacial score (nSPS) is 12.4. The van der Waals surface area contributed by atoms with Gasteiger partial charge in [0.15, 0.2) is 0 Å². The number of amides is 1. The molecular formula is C16H20N4O5. The molecule has 2 heterocycles. The molecule has 0 aliphatic heterocycles. The largest absolute Gasteiger partial charge is 0.480 e. The lowest BCUT2D eigenvalue weighted by Crippen LogP contribution is -2.42. The Labute approximate surface area is 142 Å². The zero-order valence-corrected chi connectivity index (χ0v) is 14.4. The maximum atomic E-state index is 12.3. The number of aliphatic carboxylic acids is 1. The average Bonchev–Trinajstić information content (AvgIpc) is 2.56. The molecule has 0 saturated heterocycles. The maximum Gasteiger partial charge on any atom is 0.332 e. The van der Waals surface area contributed by atoms with Crippen molar-refractivity contribution < 1.29 is 14.7 Å². The van der Waals surface area contributed by atoms with E-state index in [0.717, 1.165) is 9.13 Å². The van der Waals surface area contributed by atoms with Crippen LogP contribution in [-0.4, -0.2) is 37.1 Å². The first-order valence-corrected chi connectivity index (χ1v) is 7.74. The number of carboxylic acids is 1. The van der Waals surface area contributed by atoms with E-state index in [1.165, 1.54) is 26.2 Å². The number of aryl methyl sites for hydroxylation is 1. The van der Waals surface area contributed by atoms with E-state index < -0.39 is 29.2 Å². The summed E-state index contributed by atoms with van der Waals surface area (Å²) in [5.41, 5.74) is -1.08. The number of rotatable bonds is 5. The minimum Gasteiger partial charge on any atom is -0.480 e. The maximum absolute atomic E-state index is 12.3. The molecule has 0 aromatic carbocycles. The fourth-order valence-electron chi connectivity index (χ4n) is 2.51. The molecule has 1 atom stereocenters. The van der Waals surface area contributed by atoms with Crippen LogP contribution < -0.4 is 16.6 Å². The highest BCUT2D eigenvalue weighted by Gasteiger charge is 2.23. The van der Waals surface area contributed by atoms with Crippen LogP contribution in [0, 0.1) is 5.92 Å². The molecule has 9 nitrogen and oxygen atoms in total. The SMILES string of the molecule is CC(C)CC(NC(=O)c1ccc2c(=O)n(C)c(=O)n(C)c2n1)C(=O)O. The van der Waals surface area contributed by atoms with Crippen LogP contribution >= 0.6 is 0 Å². The van der Waals surface area contributed by atoms with Crippen LogP contribution in [0.2, 0.25) is 0 Å². The second kappa shape index (κ2) is 6.88. The van der Waals surface area contributed by atoms with E-state index in [-0.39, 0.29) is 29.1 Å². The molecule has 2 N–H and O–H groups in total. The zero-order chi connectivity index (χ0) is 18.9. The number of hydrogen-bond donors (Lipinski definition) is 2. The predicted octanol–water partition coefficient (Wildman–Crippen LogP) is -0.139. The van der Waals surface area contributed by atoms with Gasteiger partial charge >= 0.3 is 11.7 Å². The van der Waals surface area contributed by atoms with Gasteiger partial charge in [-0.05, 0) is 24.5 Å². The topological polar surface area (TPSA) is 123 Å². The van der Waals surface area contributed by atoms with Gasteiger partial charge in [0.2, 0.25) is 0 Å². The third-order valence-electron chi connectivity index (χ3n) is 3.84. The summed E-state index contributed by atoms with van der Waals surface area (Å²) >= 11 is 0. The number of carbonyl (C=O) groups excluding carboxylic acids is 1. The summed E-state index contributed by atoms with van der Waals surface area (Å²) in [5, 5.41) is 11.8. The molecule has 2 aromatic heterocycles. The highest BCUT2D eigenvalue weighted by atomic mass is 16.4. The van der Waals surface area contributed by atoms with Crippen LogP contribution in [0.1, 0.15) is 30.8 Å². The van der Waals surface area contributed by atoms with Gasteiger partial charge in [-0.3, -0.25) is 18.7 Å². The number of carboxylic acid groups (broad SMARTS) is 1. The Hall–Kier alpha value is -2.97. The van der Waals surface area contributed by atoms with Crippen LogP contribution in [0.3, 0.4) is 0 Å². The third kappa shape index (κ3) is 3.59. The molecule has 0 spiro atoms. The van der Waals surface area contributed by atoms with E-state index in [0.29, 0.717) is 0 Å². The number of carbonyl (C=O) groups is 2. The summed E-state index contributed by atoms with van der Waals surface area (Å²) in [6.07, 6.45) is 0.272. The molecule has 0 radical (unpaired) electrons. The quantitative estimate of drug-likeness (QED) is 0.775. The van der Waals surface area contributed by atoms with Crippen molar-refractivity contribution in [2.75, 3.05) is 0 Å². The molecule has 0 saturated carbocycles. The molecule has 1 unspecified atom stereocenters. The van der Waals surface area contributed by atoms with Crippen molar-refractivity contribution in [3.63, 3.8) is 0 Å². The van der Waals surface area contributed by atoms with Crippen molar-refractivity contribution in [1.29, 1.82) is 0 Å². The average molecular weight is 348 g/mol. The van der Waals surface area contributed by atoms with Gasteiger partial charge in [-0.1, -0.05) is 13.8 Å². The summed E-state index contributed by atoms with van der Waals surface area (Å²) in [6, 6.07) is 1.69. The fourth-order valence-corrected chi connectivity index (χ4v) is 2.51. The van der Waals surface area contributed by atoms with Crippen LogP contribution in [0.15, 0.2) is 21.7 Å². The van der Waals surface area contributed by atoms with Crippen molar-refractivity contribution in [2.45, 2.75) is 26.3 Å². The summed E-state index contributed by atoms with van der Waals surface area (Å²) in [4.78, 5) is 51.8. The van der Waals surface area contributed by atoms with Gasteiger partial charge in [-0.25, -0.2) is 14.6 Å². The second-order valence-electron chi connectivity index (χ2n) is 6.27. The predicted molar refractivity (Wildman–Crippen MR) is 90.6 cm³/mol. The van der Waals surface area contributed by atoms with E-state index in [1.807, 2.05) is 13.8 Å². The standard InChI is InChI=1S/C16H20N4O5/c1-8(2)7-11(15(23)24)18-13(21)10-6-5-9-12(17-10)19(3)16(25)20(4)14(9)22/h5-6,8,11H,7H2,1-4H3,(H,18,21)(H,23,24). The Morgan fingerprint density at radius 1 is 1.20 bits per heavy atom. The van der Waals surface area contributed by atoms with Crippen LogP contribution in [0.4, 0.5) is 0 Å². The monoisotopic (exact) mass is 348 g/mol. The molecular weight excluding hydrogens is 328 g/mol. The molecule has 9 heteroatoms. The lowest BCUT2D eigenvalue weighted by atomic mass is 10.0. The van der Waals surface area contributed by atoms with E-state index in [1.54, 1.807) is 0 Å². The number of aromatic nitrogens is 3. The van der Waals surface area contributed by atoms with Crippen molar-refractivity contribution in [2.24, 2.45) is 20.0 Å². The highest BCUT2D eigenvalue weighted by molar-refractivity contribution is 5.96. The Bertz CT molecular complexity index is 957. The van der Waals surface area contributed by atoms with Gasteiger partial charge in [0.25, 0.3) is 11.5 Å². The molecule has 0 aliphatic carbocycles. The van der Waals surface area contributed by atoms with Crippen LogP contribution in [0.5, 0.6) is 0 Å². The molecule has 1 amide bonds. The summed E-state index contributed by atoms with van der Waals surface area (Å²) in [5.74, 6) is -1.73. The van der Waals surface area contributed by atoms with Crippen LogP contribution in [0.25, 0.3) is 11.0 Å². The number of pyridine rings is 1. The van der Waals surface area contributed by atoms with Gasteiger partial charge in [-0.15, -0.1) is 0 Å². The summed E-state index contributed by atoms with van der Waals surface area (Å²) in [6.45, 7) is 3.70. The van der Waals surface area contributed by atoms with Crippen molar-refractivity contribution in [3.8, 4) is 0 Å². The summed E-state index contributed by atoms with van der Waals surface area (Å²) < 4.78 is 2.11. The van der Waals surface area contributed by atoms with E-state index in [4.69, 9.17) is 0 Å². The Kier molecular flexibility index (Phi) is 5.05. The lowest BCUT2D eigenvalue weighted by Gasteiger charge is -2.16. The smallest absolute Gasteiger partial charge is 0.332 e. The Balaban J connectivity index is 2.45. The summed E-state index contributed by atoms with van der Waals surface area (Å²) in [7, 11) is 2.80. The number of hydrogen-bond acceptors (Lipinski definition) is 5. The first-order valence-electron chi connectivity index (χ1n) is 7.74. The van der Waals surface area contributed by atoms with Crippen molar-refractivity contribution in [3.05, 3.63) is 38.7 Å². The molecule has 2 aromatic rings. The fraction of sp³-hybridized carbons (Fsp3) is 0.438. The van der Waals surface area contributed by atoms with Crippen LogP contribution in [-0.2, 0) is 18.9 Å². The highest BCUT2D eigenvalue weighted by Crippen LogP contribution is 2.09. The molecule has 25 heavy (non-hydrogen) atoms. The van der Waals surface area contributed by atoms with Gasteiger partial charge in [0, 0.05) is 14.1 Å². The van der Waals surface area contributed by atoms with Gasteiger partial charge < -0.3 is 10.4 Å². The van der Waals surface area contributed by atoms with E-state index in [9.17, 15) is 24.3 Å². The number of nitrogens with zero attached hydrogens (tertiary/aromatic N) is 3. The van der Waals surface area contributed by atoms with E-state index in [2.05, 4.69) is 10.3 Å². The third-order valence-corrected chi connectivity index (χ3v) is 3.84. The molecule has 0 fully saturated rings. The Morgan fingerprint density at radius 3 is 2.40 bits per heavy atom.